The lowest BCUT2D eigenvalue weighted by molar-refractivity contribution is -0.137. The number of nitrogens with one attached hydrogen (secondary N) is 2. The van der Waals surface area contributed by atoms with Gasteiger partial charge in [0.2, 0.25) is 5.91 Å². The number of hydrogen-bond acceptors (Lipinski definition) is 4. The predicted octanol–water partition coefficient (Wildman–Crippen LogP) is 5.81. The van der Waals surface area contributed by atoms with Crippen LogP contribution in [0.4, 0.5) is 18.0 Å². The molecule has 0 radical (unpaired) electrons. The third kappa shape index (κ3) is 5.79. The molecule has 1 aliphatic heterocycles. The first kappa shape index (κ1) is 26.2. The molecule has 1 aromatic heterocycles. The molecule has 2 amide bonds. The van der Waals surface area contributed by atoms with Crippen molar-refractivity contribution in [2.24, 2.45) is 5.92 Å². The van der Waals surface area contributed by atoms with Gasteiger partial charge in [-0.3, -0.25) is 4.79 Å². The number of nitrogens with zero attached hydrogens (tertiary/aromatic N) is 2. The minimum Gasteiger partial charge on any atom is -0.453 e. The van der Waals surface area contributed by atoms with Gasteiger partial charge in [0.05, 0.1) is 30.6 Å². The van der Waals surface area contributed by atoms with E-state index in [4.69, 9.17) is 0 Å². The van der Waals surface area contributed by atoms with Crippen molar-refractivity contribution in [1.82, 2.24) is 20.2 Å². The number of likely N-dealkylation sites (tertiary alicyclic amines) is 1. The molecule has 0 spiro atoms. The zero-order valence-corrected chi connectivity index (χ0v) is 20.8. The van der Waals surface area contributed by atoms with Crippen molar-refractivity contribution in [2.45, 2.75) is 44.9 Å². The third-order valence-electron chi connectivity index (χ3n) is 6.56. The number of rotatable bonds is 6. The molecule has 3 aromatic rings. The summed E-state index contributed by atoms with van der Waals surface area (Å²) in [6, 6.07) is 11.4. The molecule has 7 nitrogen and oxygen atoms in total. The summed E-state index contributed by atoms with van der Waals surface area (Å²) < 4.78 is 43.9. The van der Waals surface area contributed by atoms with Crippen LogP contribution < -0.4 is 5.32 Å². The Bertz CT molecular complexity index is 1250. The van der Waals surface area contributed by atoms with E-state index in [1.165, 1.54) is 13.2 Å². The number of carbonyl (C=O) groups is 2. The molecule has 1 aliphatic rings. The van der Waals surface area contributed by atoms with Gasteiger partial charge in [-0.15, -0.1) is 0 Å². The molecule has 0 saturated carbocycles. The van der Waals surface area contributed by atoms with Crippen LogP contribution in [0.2, 0.25) is 0 Å². The quantitative estimate of drug-likeness (QED) is 0.435. The second kappa shape index (κ2) is 10.7. The van der Waals surface area contributed by atoms with Crippen LogP contribution in [0.15, 0.2) is 54.7 Å². The zero-order chi connectivity index (χ0) is 26.7. The lowest BCUT2D eigenvalue weighted by Gasteiger charge is -2.30. The van der Waals surface area contributed by atoms with E-state index in [2.05, 4.69) is 20.0 Å². The van der Waals surface area contributed by atoms with Gasteiger partial charge in [-0.05, 0) is 47.6 Å². The number of halogens is 3. The fourth-order valence-electron chi connectivity index (χ4n) is 4.56. The van der Waals surface area contributed by atoms with Crippen LogP contribution >= 0.6 is 0 Å². The Labute approximate surface area is 213 Å². The van der Waals surface area contributed by atoms with Crippen molar-refractivity contribution in [3.8, 4) is 22.4 Å². The molecule has 0 bridgehead atoms. The standard InChI is InChI=1S/C27H29F3N4O3/c1-16(2)23(33-26(36)37-3)25(35)34-13-5-8-22(34)24-31-15-21(32-24)18-11-9-17(10-12-18)19-6-4-7-20(14-19)27(28,29)30/h4,6-7,9-12,14-16,22-23H,5,8,13H2,1-3H3,(H,31,32)(H,33,36)/t22-,23+/m1/s1. The number of hydrogen-bond donors (Lipinski definition) is 2. The van der Waals surface area contributed by atoms with Crippen molar-refractivity contribution >= 4 is 12.0 Å². The van der Waals surface area contributed by atoms with E-state index in [-0.39, 0.29) is 17.9 Å². The summed E-state index contributed by atoms with van der Waals surface area (Å²) in [7, 11) is 1.26. The number of aromatic amines is 1. The molecule has 1 fully saturated rings. The van der Waals surface area contributed by atoms with E-state index < -0.39 is 23.9 Å². The molecule has 2 N–H and O–H groups in total. The molecule has 10 heteroatoms. The fraction of sp³-hybridized carbons (Fsp3) is 0.370. The number of amides is 2. The summed E-state index contributed by atoms with van der Waals surface area (Å²) in [6.45, 7) is 4.27. The first-order valence-electron chi connectivity index (χ1n) is 12.1. The molecule has 37 heavy (non-hydrogen) atoms. The number of alkyl carbamates (subject to hydrolysis) is 1. The Morgan fingerprint density at radius 3 is 2.46 bits per heavy atom. The van der Waals surface area contributed by atoms with Gasteiger partial charge in [-0.2, -0.15) is 13.2 Å². The van der Waals surface area contributed by atoms with Gasteiger partial charge in [-0.25, -0.2) is 9.78 Å². The molecule has 1 saturated heterocycles. The Balaban J connectivity index is 1.52. The predicted molar refractivity (Wildman–Crippen MR) is 132 cm³/mol. The topological polar surface area (TPSA) is 87.3 Å². The van der Waals surface area contributed by atoms with Crippen molar-refractivity contribution in [2.75, 3.05) is 13.7 Å². The second-order valence-corrected chi connectivity index (χ2v) is 9.39. The van der Waals surface area contributed by atoms with E-state index in [0.29, 0.717) is 23.5 Å². The first-order chi connectivity index (χ1) is 17.6. The third-order valence-corrected chi connectivity index (χ3v) is 6.56. The zero-order valence-electron chi connectivity index (χ0n) is 20.8. The number of benzene rings is 2. The van der Waals surface area contributed by atoms with Crippen molar-refractivity contribution < 1.29 is 27.5 Å². The van der Waals surface area contributed by atoms with Crippen molar-refractivity contribution in [3.05, 3.63) is 66.1 Å². The van der Waals surface area contributed by atoms with Gasteiger partial charge in [0.25, 0.3) is 0 Å². The molecule has 0 unspecified atom stereocenters. The number of H-pyrrole nitrogens is 1. The second-order valence-electron chi connectivity index (χ2n) is 9.39. The van der Waals surface area contributed by atoms with Crippen LogP contribution in [0.1, 0.15) is 44.1 Å². The van der Waals surface area contributed by atoms with Crippen LogP contribution in [-0.2, 0) is 15.7 Å². The summed E-state index contributed by atoms with van der Waals surface area (Å²) in [5.74, 6) is 0.324. The highest BCUT2D eigenvalue weighted by Crippen LogP contribution is 2.34. The van der Waals surface area contributed by atoms with Crippen LogP contribution in [0, 0.1) is 5.92 Å². The summed E-state index contributed by atoms with van der Waals surface area (Å²) in [5.41, 5.74) is 2.01. The van der Waals surface area contributed by atoms with E-state index >= 15 is 0 Å². The molecule has 2 atom stereocenters. The fourth-order valence-corrected chi connectivity index (χ4v) is 4.56. The average Bonchev–Trinajstić information content (AvgIpc) is 3.56. The van der Waals surface area contributed by atoms with Crippen LogP contribution in [0.5, 0.6) is 0 Å². The van der Waals surface area contributed by atoms with Crippen molar-refractivity contribution in [3.63, 3.8) is 0 Å². The number of ether oxygens (including phenoxy) is 1. The number of aromatic nitrogens is 2. The van der Waals surface area contributed by atoms with Crippen LogP contribution in [-0.4, -0.2) is 46.6 Å². The molecule has 4 rings (SSSR count). The minimum atomic E-state index is -4.40. The van der Waals surface area contributed by atoms with E-state index in [0.717, 1.165) is 36.2 Å². The summed E-state index contributed by atoms with van der Waals surface area (Å²) >= 11 is 0. The van der Waals surface area contributed by atoms with Crippen molar-refractivity contribution in [1.29, 1.82) is 0 Å². The number of alkyl halides is 3. The Morgan fingerprint density at radius 1 is 1.11 bits per heavy atom. The van der Waals surface area contributed by atoms with Gasteiger partial charge >= 0.3 is 12.3 Å². The van der Waals surface area contributed by atoms with E-state index in [1.54, 1.807) is 29.3 Å². The largest absolute Gasteiger partial charge is 0.453 e. The van der Waals surface area contributed by atoms with Gasteiger partial charge in [-0.1, -0.05) is 50.2 Å². The SMILES string of the molecule is COC(=O)N[C@H](C(=O)N1CCC[C@@H]1c1ncc(-c2ccc(-c3cccc(C(F)(F)F)c3)cc2)[nH]1)C(C)C. The molecule has 2 aromatic carbocycles. The first-order valence-corrected chi connectivity index (χ1v) is 12.1. The van der Waals surface area contributed by atoms with E-state index in [9.17, 15) is 22.8 Å². The van der Waals surface area contributed by atoms with Gasteiger partial charge in [0.15, 0.2) is 0 Å². The van der Waals surface area contributed by atoms with E-state index in [1.807, 2.05) is 26.0 Å². The Hall–Kier alpha value is -3.82. The summed E-state index contributed by atoms with van der Waals surface area (Å²) in [4.78, 5) is 34.6. The Kier molecular flexibility index (Phi) is 7.56. The number of methoxy groups -OCH3 is 1. The minimum absolute atomic E-state index is 0.129. The number of imidazole rings is 1. The lowest BCUT2D eigenvalue weighted by atomic mass is 10.0. The highest BCUT2D eigenvalue weighted by Gasteiger charge is 2.37. The smallest absolute Gasteiger partial charge is 0.416 e. The highest BCUT2D eigenvalue weighted by atomic mass is 19.4. The molecular weight excluding hydrogens is 485 g/mol. The molecule has 2 heterocycles. The maximum Gasteiger partial charge on any atom is 0.416 e. The monoisotopic (exact) mass is 514 g/mol. The molecule has 196 valence electrons. The Morgan fingerprint density at radius 2 is 1.81 bits per heavy atom. The van der Waals surface area contributed by atoms with Crippen LogP contribution in [0.3, 0.4) is 0 Å². The van der Waals surface area contributed by atoms with Gasteiger partial charge < -0.3 is 19.9 Å². The lowest BCUT2D eigenvalue weighted by Crippen LogP contribution is -2.51. The maximum atomic E-state index is 13.3. The van der Waals surface area contributed by atoms with Gasteiger partial charge in [0.1, 0.15) is 11.9 Å². The summed E-state index contributed by atoms with van der Waals surface area (Å²) in [5, 5.41) is 2.63. The molecule has 0 aliphatic carbocycles. The maximum absolute atomic E-state index is 13.3. The molecular formula is C27H29F3N4O3. The summed E-state index contributed by atoms with van der Waals surface area (Å²) in [6.07, 6.45) is -1.83. The normalized spacial score (nSPS) is 16.6. The average molecular weight is 515 g/mol. The highest BCUT2D eigenvalue weighted by molar-refractivity contribution is 5.86. The number of carbonyl (C=O) groups excluding carboxylic acids is 2. The van der Waals surface area contributed by atoms with Gasteiger partial charge in [0, 0.05) is 6.54 Å². The van der Waals surface area contributed by atoms with Crippen LogP contribution in [0.25, 0.3) is 22.4 Å².